The second-order valence-electron chi connectivity index (χ2n) is 11.4. The number of H-pyrrole nitrogens is 1. The molecule has 0 spiro atoms. The van der Waals surface area contributed by atoms with Crippen LogP contribution in [0.4, 0.5) is 17.1 Å². The van der Waals surface area contributed by atoms with E-state index >= 15 is 0 Å². The zero-order chi connectivity index (χ0) is 27.4. The Morgan fingerprint density at radius 3 is 2.24 bits per heavy atom. The first-order chi connectivity index (χ1) is 20.8. The molecule has 0 bridgehead atoms. The maximum absolute atomic E-state index is 3.87. The van der Waals surface area contributed by atoms with Crippen molar-refractivity contribution < 1.29 is 0 Å². The number of nitrogens with zero attached hydrogens (tertiary/aromatic N) is 1. The van der Waals surface area contributed by atoms with Gasteiger partial charge in [-0.3, -0.25) is 0 Å². The summed E-state index contributed by atoms with van der Waals surface area (Å²) in [5, 5.41) is 7.64. The Hall–Kier alpha value is -4.93. The van der Waals surface area contributed by atoms with Crippen molar-refractivity contribution in [3.05, 3.63) is 127 Å². The van der Waals surface area contributed by atoms with Crippen molar-refractivity contribution in [2.45, 2.75) is 9.79 Å². The highest BCUT2D eigenvalue weighted by molar-refractivity contribution is 7.99. The van der Waals surface area contributed by atoms with Crippen molar-refractivity contribution in [3.63, 3.8) is 0 Å². The number of hydrogen-bond acceptors (Lipinski definition) is 2. The van der Waals surface area contributed by atoms with Gasteiger partial charge in [0.05, 0.1) is 16.9 Å². The van der Waals surface area contributed by atoms with E-state index in [9.17, 15) is 0 Å². The highest BCUT2D eigenvalue weighted by Gasteiger charge is 2.34. The summed E-state index contributed by atoms with van der Waals surface area (Å²) < 4.78 is 0. The van der Waals surface area contributed by atoms with E-state index < -0.39 is 0 Å². The van der Waals surface area contributed by atoms with Gasteiger partial charge in [-0.2, -0.15) is 0 Å². The summed E-state index contributed by atoms with van der Waals surface area (Å²) in [6.07, 6.45) is 0. The highest BCUT2D eigenvalue weighted by Crippen LogP contribution is 2.52. The number of hydrogen-bond donors (Lipinski definition) is 1. The van der Waals surface area contributed by atoms with Crippen LogP contribution < -0.4 is 15.8 Å². The van der Waals surface area contributed by atoms with Gasteiger partial charge < -0.3 is 9.88 Å². The molecule has 8 aromatic rings. The lowest BCUT2D eigenvalue weighted by Gasteiger charge is -2.39. The summed E-state index contributed by atoms with van der Waals surface area (Å²) in [7, 11) is 0.901. The quantitative estimate of drug-likeness (QED) is 0.206. The predicted molar refractivity (Wildman–Crippen MR) is 181 cm³/mol. The maximum Gasteiger partial charge on any atom is 0.198 e. The fraction of sp³-hybridized carbons (Fsp3) is 0. The Kier molecular flexibility index (Phi) is 4.50. The van der Waals surface area contributed by atoms with Gasteiger partial charge in [-0.05, 0) is 69.0 Å². The molecule has 0 radical (unpaired) electrons. The van der Waals surface area contributed by atoms with Gasteiger partial charge >= 0.3 is 0 Å². The Morgan fingerprint density at radius 2 is 1.31 bits per heavy atom. The zero-order valence-corrected chi connectivity index (χ0v) is 23.5. The standard InChI is InChI=1S/C38H23BN2S/c1-2-10-23-20-30-28(19-22(23)9-1)26-13-7-14-27(37(26)40-30)35-25-12-4-3-11-24(25)21-32-36(35)39-29-15-8-18-34-38(29)41(32)31-16-5-6-17-33(31)42-34/h1-21,39-40H. The third kappa shape index (κ3) is 3.02. The topological polar surface area (TPSA) is 19.0 Å². The molecule has 1 N–H and O–H groups in total. The van der Waals surface area contributed by atoms with Crippen LogP contribution in [0.5, 0.6) is 0 Å². The second kappa shape index (κ2) is 8.31. The second-order valence-corrected chi connectivity index (χ2v) is 12.5. The molecule has 194 valence electrons. The fourth-order valence-electron chi connectivity index (χ4n) is 7.34. The first-order valence-electron chi connectivity index (χ1n) is 14.5. The van der Waals surface area contributed by atoms with Crippen LogP contribution in [-0.2, 0) is 0 Å². The summed E-state index contributed by atoms with van der Waals surface area (Å²) in [4.78, 5) is 9.03. The van der Waals surface area contributed by atoms with E-state index in [0.717, 1.165) is 7.28 Å². The summed E-state index contributed by atoms with van der Waals surface area (Å²) >= 11 is 1.89. The SMILES string of the molecule is B1c2cccc3c2N(c2ccccc2S3)c2cc3ccccc3c(-c3cccc4c3[nH]c3cc5ccccc5cc34)c21. The Morgan fingerprint density at radius 1 is 0.571 bits per heavy atom. The van der Waals surface area contributed by atoms with Crippen LogP contribution in [0.1, 0.15) is 0 Å². The molecule has 7 aromatic carbocycles. The smallest absolute Gasteiger partial charge is 0.198 e. The lowest BCUT2D eigenvalue weighted by atomic mass is 9.57. The van der Waals surface area contributed by atoms with Gasteiger partial charge in [-0.1, -0.05) is 108 Å². The van der Waals surface area contributed by atoms with Crippen molar-refractivity contribution in [1.82, 2.24) is 4.98 Å². The number of rotatable bonds is 1. The maximum atomic E-state index is 3.87. The van der Waals surface area contributed by atoms with E-state index in [1.54, 1.807) is 0 Å². The molecule has 0 fully saturated rings. The van der Waals surface area contributed by atoms with E-state index in [4.69, 9.17) is 0 Å². The minimum absolute atomic E-state index is 0.901. The molecule has 1 aromatic heterocycles. The highest BCUT2D eigenvalue weighted by atomic mass is 32.2. The number of aromatic amines is 1. The molecule has 0 aliphatic carbocycles. The molecule has 2 aliphatic heterocycles. The summed E-state index contributed by atoms with van der Waals surface area (Å²) in [5.74, 6) is 0. The van der Waals surface area contributed by atoms with Gasteiger partial charge in [0.15, 0.2) is 7.28 Å². The van der Waals surface area contributed by atoms with Gasteiger partial charge in [0, 0.05) is 37.3 Å². The Labute approximate surface area is 247 Å². The van der Waals surface area contributed by atoms with E-state index in [0.29, 0.717) is 0 Å². The van der Waals surface area contributed by atoms with Crippen molar-refractivity contribution in [1.29, 1.82) is 0 Å². The molecule has 0 amide bonds. The van der Waals surface area contributed by atoms with Crippen molar-refractivity contribution in [3.8, 4) is 11.1 Å². The van der Waals surface area contributed by atoms with Crippen LogP contribution in [0, 0.1) is 0 Å². The average Bonchev–Trinajstić information content (AvgIpc) is 3.40. The van der Waals surface area contributed by atoms with Crippen LogP contribution in [0.15, 0.2) is 137 Å². The molecule has 10 rings (SSSR count). The zero-order valence-electron chi connectivity index (χ0n) is 22.7. The van der Waals surface area contributed by atoms with E-state index in [1.807, 2.05) is 11.8 Å². The molecule has 4 heteroatoms. The Balaban J connectivity index is 1.33. The van der Waals surface area contributed by atoms with Gasteiger partial charge in [0.2, 0.25) is 0 Å². The first kappa shape index (κ1) is 22.7. The van der Waals surface area contributed by atoms with Crippen LogP contribution in [-0.4, -0.2) is 12.3 Å². The van der Waals surface area contributed by atoms with Crippen LogP contribution in [0.25, 0.3) is 54.5 Å². The molecule has 0 saturated carbocycles. The fourth-order valence-corrected chi connectivity index (χ4v) is 8.45. The first-order valence-corrected chi connectivity index (χ1v) is 15.3. The number of nitrogens with one attached hydrogen (secondary N) is 1. The third-order valence-corrected chi connectivity index (χ3v) is 10.3. The molecule has 0 atom stereocenters. The lowest BCUT2D eigenvalue weighted by molar-refractivity contribution is 1.18. The molecule has 42 heavy (non-hydrogen) atoms. The van der Waals surface area contributed by atoms with Gasteiger partial charge in [-0.15, -0.1) is 0 Å². The van der Waals surface area contributed by atoms with Crippen molar-refractivity contribution >= 4 is 90.4 Å². The van der Waals surface area contributed by atoms with E-state index in [2.05, 4.69) is 137 Å². The number of anilines is 3. The molecular weight excluding hydrogens is 527 g/mol. The van der Waals surface area contributed by atoms with Gasteiger partial charge in [0.25, 0.3) is 0 Å². The normalized spacial score (nSPS) is 13.3. The van der Waals surface area contributed by atoms with Crippen LogP contribution in [0.2, 0.25) is 0 Å². The number of benzene rings is 7. The number of aromatic nitrogens is 1. The minimum atomic E-state index is 0.901. The third-order valence-electron chi connectivity index (χ3n) is 9.14. The molecule has 0 unspecified atom stereocenters. The van der Waals surface area contributed by atoms with Crippen molar-refractivity contribution in [2.75, 3.05) is 4.90 Å². The van der Waals surface area contributed by atoms with Crippen LogP contribution in [0.3, 0.4) is 0 Å². The summed E-state index contributed by atoms with van der Waals surface area (Å²) in [5.41, 5.74) is 11.6. The minimum Gasteiger partial charge on any atom is -0.354 e. The van der Waals surface area contributed by atoms with Crippen molar-refractivity contribution in [2.24, 2.45) is 0 Å². The average molecular weight is 550 g/mol. The van der Waals surface area contributed by atoms with Gasteiger partial charge in [-0.25, -0.2) is 0 Å². The molecule has 3 heterocycles. The molecule has 0 saturated heterocycles. The summed E-state index contributed by atoms with van der Waals surface area (Å²) in [6, 6.07) is 47.1. The largest absolute Gasteiger partial charge is 0.354 e. The van der Waals surface area contributed by atoms with E-state index in [1.165, 1.54) is 92.3 Å². The number of para-hydroxylation sites is 3. The van der Waals surface area contributed by atoms with Crippen LogP contribution >= 0.6 is 11.8 Å². The number of fused-ring (bicyclic) bond motifs is 9. The molecular formula is C38H23BN2S. The lowest BCUT2D eigenvalue weighted by Crippen LogP contribution is -2.42. The monoisotopic (exact) mass is 550 g/mol. The molecule has 2 aliphatic rings. The molecule has 2 nitrogen and oxygen atoms in total. The van der Waals surface area contributed by atoms with E-state index in [-0.39, 0.29) is 0 Å². The predicted octanol–water partition coefficient (Wildman–Crippen LogP) is 8.93. The summed E-state index contributed by atoms with van der Waals surface area (Å²) in [6.45, 7) is 0. The Bertz CT molecular complexity index is 2440. The van der Waals surface area contributed by atoms with Gasteiger partial charge in [0.1, 0.15) is 0 Å².